The van der Waals surface area contributed by atoms with E-state index >= 15 is 0 Å². The average Bonchev–Trinajstić information content (AvgIpc) is 2.72. The summed E-state index contributed by atoms with van der Waals surface area (Å²) in [4.78, 5) is 0.418. The van der Waals surface area contributed by atoms with E-state index in [1.807, 2.05) is 19.1 Å². The Morgan fingerprint density at radius 1 is 1.08 bits per heavy atom. The van der Waals surface area contributed by atoms with E-state index in [4.69, 9.17) is 13.0 Å². The van der Waals surface area contributed by atoms with E-state index < -0.39 is 31.6 Å². The van der Waals surface area contributed by atoms with Crippen LogP contribution in [0.15, 0.2) is 24.3 Å². The van der Waals surface area contributed by atoms with E-state index in [-0.39, 0.29) is 0 Å². The molecule has 0 N–H and O–H groups in total. The summed E-state index contributed by atoms with van der Waals surface area (Å²) >= 11 is 0. The lowest BCUT2D eigenvalue weighted by Crippen LogP contribution is -2.21. The van der Waals surface area contributed by atoms with E-state index in [2.05, 4.69) is 0 Å². The fourth-order valence-electron chi connectivity index (χ4n) is 2.08. The van der Waals surface area contributed by atoms with Gasteiger partial charge in [-0.05, 0) is 18.1 Å². The maximum Gasteiger partial charge on any atom is 0.600 e. The van der Waals surface area contributed by atoms with Crippen molar-refractivity contribution in [2.24, 2.45) is 0 Å². The van der Waals surface area contributed by atoms with Gasteiger partial charge in [-0.1, -0.05) is 19.4 Å². The van der Waals surface area contributed by atoms with E-state index in [1.165, 1.54) is 0 Å². The van der Waals surface area contributed by atoms with Gasteiger partial charge in [0, 0.05) is 24.4 Å². The first-order valence-electron chi connectivity index (χ1n) is 6.83. The molecule has 0 aliphatic carbocycles. The lowest BCUT2D eigenvalue weighted by atomic mass is 10.1. The van der Waals surface area contributed by atoms with Crippen LogP contribution >= 0.6 is 10.5 Å². The van der Waals surface area contributed by atoms with Crippen LogP contribution in [0.3, 0.4) is 0 Å². The highest BCUT2D eigenvalue weighted by Gasteiger charge is 2.46. The summed E-state index contributed by atoms with van der Waals surface area (Å²) in [6, 6.07) is 7.11. The van der Waals surface area contributed by atoms with Crippen molar-refractivity contribution in [1.82, 2.24) is 0 Å². The fourth-order valence-corrected chi connectivity index (χ4v) is 3.92. The summed E-state index contributed by atoms with van der Waals surface area (Å²) in [5.74, 6) is 0. The Hall–Kier alpha value is -1.33. The molecule has 2 rings (SSSR count). The van der Waals surface area contributed by atoms with Gasteiger partial charge in [0.2, 0.25) is 0 Å². The van der Waals surface area contributed by atoms with Crippen LogP contribution in [0.25, 0.3) is 10.1 Å². The van der Waals surface area contributed by atoms with Gasteiger partial charge in [0.15, 0.2) is 19.7 Å². The molecule has 0 fully saturated rings. The number of benzene rings is 1. The van der Waals surface area contributed by atoms with Gasteiger partial charge < -0.3 is 4.55 Å². The summed E-state index contributed by atoms with van der Waals surface area (Å²) in [5, 5.41) is 0.725. The lowest BCUT2D eigenvalue weighted by Gasteiger charge is -2.08. The van der Waals surface area contributed by atoms with E-state index in [0.29, 0.717) is 9.58 Å². The second-order valence-electron chi connectivity index (χ2n) is 5.03. The Morgan fingerprint density at radius 3 is 2.00 bits per heavy atom. The van der Waals surface area contributed by atoms with Gasteiger partial charge in [0.1, 0.15) is 0 Å². The van der Waals surface area contributed by atoms with Gasteiger partial charge in [-0.25, -0.2) is 8.42 Å². The number of hydrogen-bond donors (Lipinski definition) is 0. The summed E-state index contributed by atoms with van der Waals surface area (Å²) in [5.41, 5.74) is -8.81. The zero-order valence-electron chi connectivity index (χ0n) is 13.0. The molecule has 0 aliphatic rings. The first kappa shape index (κ1) is 21.7. The van der Waals surface area contributed by atoms with Crippen molar-refractivity contribution in [2.45, 2.75) is 37.7 Å². The Balaban J connectivity index is 0.000000333. The second kappa shape index (κ2) is 7.50. The third-order valence-corrected chi connectivity index (χ3v) is 5.62. The van der Waals surface area contributed by atoms with Gasteiger partial charge in [-0.15, -0.1) is 13.2 Å². The number of thiophene rings is 1. The van der Waals surface area contributed by atoms with Crippen LogP contribution in [0, 0.1) is 6.92 Å². The number of fused-ring (bicyclic) bond motifs is 1. The molecule has 1 unspecified atom stereocenters. The summed E-state index contributed by atoms with van der Waals surface area (Å²) in [6.07, 6.45) is 1.78. The smallest absolute Gasteiger partial charge is 0.600 e. The molecule has 0 bridgehead atoms. The molecule has 0 spiro atoms. The van der Waals surface area contributed by atoms with E-state index in [1.54, 1.807) is 19.1 Å². The van der Waals surface area contributed by atoms with Crippen LogP contribution in [0.2, 0.25) is 0 Å². The third-order valence-electron chi connectivity index (χ3n) is 3.03. The maximum atomic E-state index is 13.0. The van der Waals surface area contributed by atoms with Gasteiger partial charge in [-0.3, -0.25) is 0 Å². The highest BCUT2D eigenvalue weighted by atomic mass is 32.2. The minimum absolute atomic E-state index is 0.418. The number of hydrogen-bond acceptors (Lipinski definition) is 3. The molecule has 1 atom stereocenters. The molecule has 0 saturated carbocycles. The quantitative estimate of drug-likeness (QED) is 0.290. The molecule has 0 saturated heterocycles. The lowest BCUT2D eigenvalue weighted by molar-refractivity contribution is -0.0867. The van der Waals surface area contributed by atoms with Crippen LogP contribution in [0.4, 0.5) is 26.3 Å². The second-order valence-corrected chi connectivity index (χ2v) is 8.56. The molecule has 1 aromatic heterocycles. The van der Waals surface area contributed by atoms with Crippen molar-refractivity contribution in [3.63, 3.8) is 0 Å². The third kappa shape index (κ3) is 5.58. The summed E-state index contributed by atoms with van der Waals surface area (Å²) in [6.45, 7) is 3.59. The number of halogens is 6. The highest BCUT2D eigenvalue weighted by molar-refractivity contribution is 7.86. The molecular formula is C14H14F6O3S2. The monoisotopic (exact) mass is 408 g/mol. The van der Waals surface area contributed by atoms with Crippen molar-refractivity contribution in [2.75, 3.05) is 0 Å². The molecule has 0 radical (unpaired) electrons. The number of rotatable bonds is 2. The normalized spacial score (nSPS) is 13.6. The van der Waals surface area contributed by atoms with Crippen LogP contribution in [0.1, 0.15) is 23.8 Å². The average molecular weight is 408 g/mol. The molecule has 142 valence electrons. The van der Waals surface area contributed by atoms with Crippen LogP contribution < -0.4 is 0 Å². The molecule has 25 heavy (non-hydrogen) atoms. The largest absolute Gasteiger partial charge is 0.741 e. The molecule has 11 heteroatoms. The highest BCUT2D eigenvalue weighted by Crippen LogP contribution is 2.50. The topological polar surface area (TPSA) is 57.2 Å². The van der Waals surface area contributed by atoms with Gasteiger partial charge in [-0.2, -0.15) is 13.2 Å². The van der Waals surface area contributed by atoms with Crippen molar-refractivity contribution in [3.05, 3.63) is 34.7 Å². The molecule has 1 heterocycles. The SMILES string of the molecule is CCCc1ccc2cc(C)[s+](C(F)(F)F)c2c1.O=S(=O)([O-])C(F)(F)F. The molecule has 0 amide bonds. The van der Waals surface area contributed by atoms with Crippen LogP contribution in [-0.4, -0.2) is 18.5 Å². The minimum Gasteiger partial charge on any atom is -0.741 e. The Labute approximate surface area is 143 Å². The minimum atomic E-state index is -6.09. The maximum absolute atomic E-state index is 13.0. The molecule has 0 aliphatic heterocycles. The first-order chi connectivity index (χ1) is 11.2. The van der Waals surface area contributed by atoms with E-state index in [9.17, 15) is 26.3 Å². The predicted octanol–water partition coefficient (Wildman–Crippen LogP) is 5.38. The van der Waals surface area contributed by atoms with Crippen molar-refractivity contribution >= 4 is 30.7 Å². The molecular weight excluding hydrogens is 394 g/mol. The zero-order chi connectivity index (χ0) is 19.6. The van der Waals surface area contributed by atoms with Gasteiger partial charge in [0.05, 0.1) is 10.5 Å². The standard InChI is InChI=1S/C13H14F3S.CHF3O3S/c1-3-4-10-5-6-11-7-9(2)17(12(11)8-10)13(14,15)16;2-1(3,4)8(5,6)7/h5-8H,3-4H2,1-2H3;(H,5,6,7)/q+1;/p-1. The van der Waals surface area contributed by atoms with Gasteiger partial charge >= 0.3 is 11.0 Å². The molecule has 1 aromatic carbocycles. The van der Waals surface area contributed by atoms with Gasteiger partial charge in [0.25, 0.3) is 0 Å². The first-order valence-corrected chi connectivity index (χ1v) is 9.46. The zero-order valence-corrected chi connectivity index (χ0v) is 14.7. The molecule has 3 nitrogen and oxygen atoms in total. The van der Waals surface area contributed by atoms with E-state index in [0.717, 1.165) is 23.8 Å². The summed E-state index contributed by atoms with van der Waals surface area (Å²) < 4.78 is 98.3. The van der Waals surface area contributed by atoms with Crippen molar-refractivity contribution in [3.8, 4) is 0 Å². The Morgan fingerprint density at radius 2 is 1.60 bits per heavy atom. The Kier molecular flexibility index (Phi) is 6.52. The molecule has 2 aromatic rings. The van der Waals surface area contributed by atoms with Crippen molar-refractivity contribution in [1.29, 1.82) is 0 Å². The van der Waals surface area contributed by atoms with Crippen LogP contribution in [0.5, 0.6) is 0 Å². The van der Waals surface area contributed by atoms with Crippen LogP contribution in [-0.2, 0) is 22.0 Å². The van der Waals surface area contributed by atoms with Crippen molar-refractivity contribution < 1.29 is 39.3 Å². The number of alkyl halides is 6. The Bertz CT molecular complexity index is 835. The fraction of sp³-hybridized carbons (Fsp3) is 0.429. The number of aryl methyl sites for hydroxylation is 2. The predicted molar refractivity (Wildman–Crippen MR) is 82.2 cm³/mol. The summed E-state index contributed by atoms with van der Waals surface area (Å²) in [7, 11) is -7.81.